The number of fused-ring (bicyclic) bond motifs is 1. The molecule has 1 amide bonds. The second kappa shape index (κ2) is 9.55. The van der Waals surface area contributed by atoms with Crippen LogP contribution in [0, 0.1) is 0 Å². The number of pyridine rings is 1. The third-order valence-corrected chi connectivity index (χ3v) is 5.37. The van der Waals surface area contributed by atoms with Gasteiger partial charge in [-0.15, -0.1) is 0 Å². The van der Waals surface area contributed by atoms with Crippen molar-refractivity contribution in [3.8, 4) is 17.2 Å². The Labute approximate surface area is 181 Å². The van der Waals surface area contributed by atoms with Crippen LogP contribution in [0.25, 0.3) is 10.9 Å². The van der Waals surface area contributed by atoms with Gasteiger partial charge in [0.15, 0.2) is 18.1 Å². The van der Waals surface area contributed by atoms with Crippen LogP contribution >= 0.6 is 0 Å². The summed E-state index contributed by atoms with van der Waals surface area (Å²) in [5.74, 6) is 2.43. The number of aromatic nitrogens is 1. The Morgan fingerprint density at radius 1 is 0.968 bits per heavy atom. The zero-order chi connectivity index (χ0) is 21.6. The van der Waals surface area contributed by atoms with Gasteiger partial charge < -0.3 is 24.4 Å². The molecule has 4 rings (SSSR count). The largest absolute Gasteiger partial charge is 0.493 e. The second-order valence-electron chi connectivity index (χ2n) is 7.45. The van der Waals surface area contributed by atoms with Crippen molar-refractivity contribution in [2.24, 2.45) is 0 Å². The van der Waals surface area contributed by atoms with Crippen LogP contribution < -0.4 is 24.4 Å². The molecule has 1 fully saturated rings. The summed E-state index contributed by atoms with van der Waals surface area (Å²) in [4.78, 5) is 19.6. The van der Waals surface area contributed by atoms with E-state index in [0.717, 1.165) is 29.8 Å². The van der Waals surface area contributed by atoms with E-state index in [1.807, 2.05) is 18.2 Å². The Morgan fingerprint density at radius 2 is 1.77 bits per heavy atom. The van der Waals surface area contributed by atoms with E-state index in [4.69, 9.17) is 19.2 Å². The molecule has 0 spiro atoms. The van der Waals surface area contributed by atoms with Crippen molar-refractivity contribution in [2.45, 2.75) is 19.3 Å². The Bertz CT molecular complexity index is 1060. The maximum atomic E-state index is 12.5. The van der Waals surface area contributed by atoms with Crippen LogP contribution in [0.15, 0.2) is 48.5 Å². The molecule has 0 saturated carbocycles. The molecule has 7 heteroatoms. The lowest BCUT2D eigenvalue weighted by molar-refractivity contribution is -0.118. The topological polar surface area (TPSA) is 72.9 Å². The van der Waals surface area contributed by atoms with Crippen molar-refractivity contribution in [1.29, 1.82) is 0 Å². The highest BCUT2D eigenvalue weighted by Gasteiger charge is 2.14. The Kier molecular flexibility index (Phi) is 6.40. The highest BCUT2D eigenvalue weighted by atomic mass is 16.5. The lowest BCUT2D eigenvalue weighted by Crippen LogP contribution is -2.30. The number of anilines is 2. The molecule has 0 atom stereocenters. The molecular formula is C24H27N3O4. The molecule has 1 N–H and O–H groups in total. The van der Waals surface area contributed by atoms with Gasteiger partial charge >= 0.3 is 0 Å². The number of methoxy groups -OCH3 is 2. The van der Waals surface area contributed by atoms with Gasteiger partial charge in [-0.3, -0.25) is 4.79 Å². The summed E-state index contributed by atoms with van der Waals surface area (Å²) in [6.07, 6.45) is 3.65. The van der Waals surface area contributed by atoms with E-state index in [-0.39, 0.29) is 12.5 Å². The van der Waals surface area contributed by atoms with E-state index in [9.17, 15) is 4.79 Å². The van der Waals surface area contributed by atoms with Gasteiger partial charge in [-0.2, -0.15) is 0 Å². The van der Waals surface area contributed by atoms with Gasteiger partial charge in [-0.25, -0.2) is 4.98 Å². The number of nitrogens with one attached hydrogen (secondary N) is 1. The molecular weight excluding hydrogens is 394 g/mol. The molecule has 3 aromatic rings. The quantitative estimate of drug-likeness (QED) is 0.615. The van der Waals surface area contributed by atoms with Crippen LogP contribution in [-0.2, 0) is 4.79 Å². The first-order valence-corrected chi connectivity index (χ1v) is 10.5. The first-order chi connectivity index (χ1) is 15.2. The number of nitrogens with zero attached hydrogens (tertiary/aromatic N) is 2. The molecule has 0 unspecified atom stereocenters. The van der Waals surface area contributed by atoms with Gasteiger partial charge in [-0.05, 0) is 49.6 Å². The molecule has 162 valence electrons. The number of ether oxygens (including phenoxy) is 3. The predicted molar refractivity (Wildman–Crippen MR) is 121 cm³/mol. The first kappa shape index (κ1) is 20.8. The average Bonchev–Trinajstić information content (AvgIpc) is 2.82. The Balaban J connectivity index is 1.46. The monoisotopic (exact) mass is 421 g/mol. The number of hydrogen-bond acceptors (Lipinski definition) is 6. The summed E-state index contributed by atoms with van der Waals surface area (Å²) in [5, 5.41) is 3.81. The average molecular weight is 421 g/mol. The molecule has 0 aliphatic carbocycles. The lowest BCUT2D eigenvalue weighted by atomic mass is 10.1. The minimum Gasteiger partial charge on any atom is -0.493 e. The summed E-state index contributed by atoms with van der Waals surface area (Å²) in [6.45, 7) is 1.92. The number of carbonyl (C=O) groups excluding carboxylic acids is 1. The smallest absolute Gasteiger partial charge is 0.262 e. The summed E-state index contributed by atoms with van der Waals surface area (Å²) in [6, 6.07) is 15.1. The molecule has 31 heavy (non-hydrogen) atoms. The predicted octanol–water partition coefficient (Wildman–Crippen LogP) is 4.26. The second-order valence-corrected chi connectivity index (χ2v) is 7.45. The van der Waals surface area contributed by atoms with Crippen LogP contribution in [0.5, 0.6) is 17.2 Å². The van der Waals surface area contributed by atoms with Crippen molar-refractivity contribution in [3.05, 3.63) is 48.5 Å². The summed E-state index contributed by atoms with van der Waals surface area (Å²) >= 11 is 0. The standard InChI is InChI=1S/C24H27N3O4/c1-29-19-11-10-18(15-21(19)30-2)25-23(28)16-31-20-8-6-7-17-9-12-22(26-24(17)20)27-13-4-3-5-14-27/h6-12,15H,3-5,13-14,16H2,1-2H3,(H,25,28). The van der Waals surface area contributed by atoms with E-state index in [1.54, 1.807) is 32.4 Å². The van der Waals surface area contributed by atoms with Crippen LogP contribution in [0.2, 0.25) is 0 Å². The number of amides is 1. The minimum atomic E-state index is -0.267. The van der Waals surface area contributed by atoms with Gasteiger partial charge in [0.25, 0.3) is 5.91 Å². The Hall–Kier alpha value is -3.48. The molecule has 2 heterocycles. The van der Waals surface area contributed by atoms with Crippen LogP contribution in [0.4, 0.5) is 11.5 Å². The fourth-order valence-corrected chi connectivity index (χ4v) is 3.78. The van der Waals surface area contributed by atoms with Crippen LogP contribution in [0.3, 0.4) is 0 Å². The van der Waals surface area contributed by atoms with Gasteiger partial charge in [0.05, 0.1) is 14.2 Å². The van der Waals surface area contributed by atoms with Gasteiger partial charge in [-0.1, -0.05) is 12.1 Å². The fraction of sp³-hybridized carbons (Fsp3) is 0.333. The van der Waals surface area contributed by atoms with Crippen molar-refractivity contribution < 1.29 is 19.0 Å². The van der Waals surface area contributed by atoms with E-state index in [0.29, 0.717) is 22.9 Å². The van der Waals surface area contributed by atoms with Gasteiger partial charge in [0, 0.05) is 30.2 Å². The van der Waals surface area contributed by atoms with Crippen LogP contribution in [-0.4, -0.2) is 44.8 Å². The number of piperidine rings is 1. The fourth-order valence-electron chi connectivity index (χ4n) is 3.78. The van der Waals surface area contributed by atoms with Crippen molar-refractivity contribution in [1.82, 2.24) is 4.98 Å². The summed E-state index contributed by atoms with van der Waals surface area (Å²) < 4.78 is 16.3. The first-order valence-electron chi connectivity index (χ1n) is 10.5. The summed E-state index contributed by atoms with van der Waals surface area (Å²) in [5.41, 5.74) is 1.37. The number of para-hydroxylation sites is 1. The molecule has 0 bridgehead atoms. The van der Waals surface area contributed by atoms with E-state index in [1.165, 1.54) is 19.3 Å². The van der Waals surface area contributed by atoms with E-state index < -0.39 is 0 Å². The maximum absolute atomic E-state index is 12.5. The normalized spacial score (nSPS) is 13.7. The zero-order valence-corrected chi connectivity index (χ0v) is 17.9. The molecule has 1 aliphatic rings. The zero-order valence-electron chi connectivity index (χ0n) is 17.9. The molecule has 2 aromatic carbocycles. The van der Waals surface area contributed by atoms with E-state index >= 15 is 0 Å². The highest BCUT2D eigenvalue weighted by Crippen LogP contribution is 2.30. The van der Waals surface area contributed by atoms with Gasteiger partial charge in [0.2, 0.25) is 0 Å². The number of benzene rings is 2. The van der Waals surface area contributed by atoms with Crippen LogP contribution in [0.1, 0.15) is 19.3 Å². The van der Waals surface area contributed by atoms with E-state index in [2.05, 4.69) is 22.3 Å². The third-order valence-electron chi connectivity index (χ3n) is 5.37. The van der Waals surface area contributed by atoms with Gasteiger partial charge in [0.1, 0.15) is 17.1 Å². The SMILES string of the molecule is COc1ccc(NC(=O)COc2cccc3ccc(N4CCCCC4)nc23)cc1OC. The molecule has 0 radical (unpaired) electrons. The number of carbonyl (C=O) groups is 1. The van der Waals surface area contributed by atoms with Crippen molar-refractivity contribution in [3.63, 3.8) is 0 Å². The number of hydrogen-bond donors (Lipinski definition) is 1. The molecule has 1 saturated heterocycles. The molecule has 1 aliphatic heterocycles. The minimum absolute atomic E-state index is 0.122. The summed E-state index contributed by atoms with van der Waals surface area (Å²) in [7, 11) is 3.12. The molecule has 1 aromatic heterocycles. The third kappa shape index (κ3) is 4.82. The van der Waals surface area contributed by atoms with Crippen molar-refractivity contribution in [2.75, 3.05) is 44.1 Å². The lowest BCUT2D eigenvalue weighted by Gasteiger charge is -2.28. The number of rotatable bonds is 7. The maximum Gasteiger partial charge on any atom is 0.262 e. The Morgan fingerprint density at radius 3 is 2.55 bits per heavy atom. The van der Waals surface area contributed by atoms with Crippen molar-refractivity contribution >= 4 is 28.3 Å². The molecule has 7 nitrogen and oxygen atoms in total. The highest BCUT2D eigenvalue weighted by molar-refractivity contribution is 5.93.